The van der Waals surface area contributed by atoms with Crippen LogP contribution in [0.5, 0.6) is 0 Å². The van der Waals surface area contributed by atoms with E-state index in [1.807, 2.05) is 0 Å². The first kappa shape index (κ1) is 17.4. The van der Waals surface area contributed by atoms with Crippen LogP contribution in [0.1, 0.15) is 19.8 Å². The molecule has 1 atom stereocenters. The van der Waals surface area contributed by atoms with Gasteiger partial charge in [-0.2, -0.15) is 0 Å². The van der Waals surface area contributed by atoms with Crippen molar-refractivity contribution < 1.29 is 44.0 Å². The number of Topliss-reactive ketones (excluding diaryl/α,β-unsaturated/α-hetero) is 1. The number of esters is 2. The van der Waals surface area contributed by atoms with Gasteiger partial charge in [0.25, 0.3) is 0 Å². The largest absolute Gasteiger partial charge is 0.481 e. The van der Waals surface area contributed by atoms with Crippen LogP contribution in [-0.4, -0.2) is 56.3 Å². The summed E-state index contributed by atoms with van der Waals surface area (Å²) in [6.07, 6.45) is -2.62. The molecule has 0 amide bonds. The Morgan fingerprint density at radius 3 is 1.95 bits per heavy atom. The molecule has 20 heavy (non-hydrogen) atoms. The van der Waals surface area contributed by atoms with Gasteiger partial charge in [0, 0.05) is 6.92 Å². The maximum absolute atomic E-state index is 11.2. The minimum atomic E-state index is -2.96. The Morgan fingerprint density at radius 2 is 1.60 bits per heavy atom. The van der Waals surface area contributed by atoms with Gasteiger partial charge in [-0.3, -0.25) is 19.8 Å². The SMILES string of the molecule is CC(=O)C(=N)C(=O)OC(=O)CC(O)(CC(=O)O)C(=O)O. The standard InChI is InChI=1S/C10H11NO9/c1-4(12)7(11)8(16)20-6(15)3-10(19,9(17)18)2-5(13)14/h11,19H,2-3H2,1H3,(H,13,14)(H,17,18). The number of hydrogen-bond acceptors (Lipinski definition) is 8. The molecule has 1 unspecified atom stereocenters. The average molecular weight is 289 g/mol. The van der Waals surface area contributed by atoms with Crippen molar-refractivity contribution in [2.75, 3.05) is 0 Å². The second-order valence-corrected chi connectivity index (χ2v) is 3.78. The van der Waals surface area contributed by atoms with Crippen molar-refractivity contribution >= 4 is 35.4 Å². The third kappa shape index (κ3) is 4.94. The van der Waals surface area contributed by atoms with Crippen molar-refractivity contribution in [3.63, 3.8) is 0 Å². The summed E-state index contributed by atoms with van der Waals surface area (Å²) in [5.74, 6) is -7.86. The Bertz CT molecular complexity index is 495. The average Bonchev–Trinajstić information content (AvgIpc) is 2.25. The molecule has 0 aromatic carbocycles. The number of carbonyl (C=O) groups excluding carboxylic acids is 3. The zero-order valence-electron chi connectivity index (χ0n) is 10.2. The number of carbonyl (C=O) groups is 5. The fourth-order valence-electron chi connectivity index (χ4n) is 1.04. The number of hydrogen-bond donors (Lipinski definition) is 4. The number of nitrogens with one attached hydrogen (secondary N) is 1. The summed E-state index contributed by atoms with van der Waals surface area (Å²) in [5, 5.41) is 33.5. The summed E-state index contributed by atoms with van der Waals surface area (Å²) in [6, 6.07) is 0. The van der Waals surface area contributed by atoms with E-state index in [0.717, 1.165) is 6.92 Å². The second-order valence-electron chi connectivity index (χ2n) is 3.78. The van der Waals surface area contributed by atoms with Crippen LogP contribution in [0.2, 0.25) is 0 Å². The summed E-state index contributed by atoms with van der Waals surface area (Å²) in [5.41, 5.74) is -4.10. The fourth-order valence-corrected chi connectivity index (χ4v) is 1.04. The highest BCUT2D eigenvalue weighted by Crippen LogP contribution is 2.17. The molecule has 0 fully saturated rings. The summed E-state index contributed by atoms with van der Waals surface area (Å²) in [6.45, 7) is 0.867. The normalized spacial score (nSPS) is 12.9. The predicted octanol–water partition coefficient (Wildman–Crippen LogP) is -1.65. The number of ketones is 1. The first-order valence-electron chi connectivity index (χ1n) is 5.01. The molecule has 0 aliphatic carbocycles. The van der Waals surface area contributed by atoms with Crippen LogP contribution in [0.3, 0.4) is 0 Å². The van der Waals surface area contributed by atoms with Crippen molar-refractivity contribution in [3.8, 4) is 0 Å². The maximum Gasteiger partial charge on any atom is 0.367 e. The first-order chi connectivity index (χ1) is 8.99. The lowest BCUT2D eigenvalue weighted by molar-refractivity contribution is -0.173. The minimum Gasteiger partial charge on any atom is -0.481 e. The Balaban J connectivity index is 4.84. The highest BCUT2D eigenvalue weighted by molar-refractivity contribution is 6.63. The molecule has 0 heterocycles. The first-order valence-corrected chi connectivity index (χ1v) is 5.01. The molecule has 0 radical (unpaired) electrons. The van der Waals surface area contributed by atoms with Gasteiger partial charge in [-0.1, -0.05) is 0 Å². The van der Waals surface area contributed by atoms with E-state index in [1.54, 1.807) is 0 Å². The molecule has 0 aromatic heterocycles. The van der Waals surface area contributed by atoms with E-state index in [2.05, 4.69) is 4.74 Å². The van der Waals surface area contributed by atoms with Gasteiger partial charge >= 0.3 is 23.9 Å². The molecule has 4 N–H and O–H groups in total. The Hall–Kier alpha value is -2.62. The highest BCUT2D eigenvalue weighted by atomic mass is 16.6. The van der Waals surface area contributed by atoms with Crippen molar-refractivity contribution in [3.05, 3.63) is 0 Å². The number of rotatable bonds is 7. The molecule has 0 saturated carbocycles. The molecule has 0 saturated heterocycles. The van der Waals surface area contributed by atoms with Gasteiger partial charge in [-0.25, -0.2) is 9.59 Å². The van der Waals surface area contributed by atoms with E-state index in [1.165, 1.54) is 0 Å². The highest BCUT2D eigenvalue weighted by Gasteiger charge is 2.42. The van der Waals surface area contributed by atoms with Gasteiger partial charge in [0.05, 0.1) is 12.8 Å². The number of ether oxygens (including phenoxy) is 1. The topological polar surface area (TPSA) is 179 Å². The molecule has 0 spiro atoms. The molecule has 10 heteroatoms. The Morgan fingerprint density at radius 1 is 1.10 bits per heavy atom. The van der Waals surface area contributed by atoms with Crippen molar-refractivity contribution in [1.29, 1.82) is 5.41 Å². The number of aliphatic hydroxyl groups is 1. The number of carboxylic acids is 2. The zero-order valence-corrected chi connectivity index (χ0v) is 10.2. The molecule has 10 nitrogen and oxygen atoms in total. The molecule has 110 valence electrons. The van der Waals surface area contributed by atoms with E-state index >= 15 is 0 Å². The maximum atomic E-state index is 11.2. The molecule has 0 aromatic rings. The summed E-state index contributed by atoms with van der Waals surface area (Å²) >= 11 is 0. The van der Waals surface area contributed by atoms with Gasteiger partial charge in [-0.15, -0.1) is 0 Å². The predicted molar refractivity (Wildman–Crippen MR) is 59.0 cm³/mol. The van der Waals surface area contributed by atoms with Gasteiger partial charge in [0.2, 0.25) is 0 Å². The number of carboxylic acid groups (broad SMARTS) is 2. The molecule has 0 rings (SSSR count). The lowest BCUT2D eigenvalue weighted by Crippen LogP contribution is -2.43. The lowest BCUT2D eigenvalue weighted by Gasteiger charge is -2.19. The van der Waals surface area contributed by atoms with Gasteiger partial charge < -0.3 is 20.1 Å². The van der Waals surface area contributed by atoms with Crippen LogP contribution in [0.25, 0.3) is 0 Å². The summed E-state index contributed by atoms with van der Waals surface area (Å²) in [7, 11) is 0. The molecular formula is C10H11NO9. The van der Waals surface area contributed by atoms with Crippen molar-refractivity contribution in [2.24, 2.45) is 0 Å². The molecule has 0 aliphatic rings. The minimum absolute atomic E-state index is 0.867. The lowest BCUT2D eigenvalue weighted by atomic mass is 9.96. The van der Waals surface area contributed by atoms with Crippen LogP contribution >= 0.6 is 0 Å². The van der Waals surface area contributed by atoms with E-state index in [4.69, 9.17) is 15.6 Å². The zero-order chi connectivity index (χ0) is 16.1. The molecule has 0 bridgehead atoms. The second kappa shape index (κ2) is 6.52. The van der Waals surface area contributed by atoms with E-state index < -0.39 is 53.8 Å². The van der Waals surface area contributed by atoms with E-state index in [-0.39, 0.29) is 0 Å². The van der Waals surface area contributed by atoms with Crippen LogP contribution in [-0.2, 0) is 28.7 Å². The van der Waals surface area contributed by atoms with Crippen molar-refractivity contribution in [1.82, 2.24) is 0 Å². The third-order valence-corrected chi connectivity index (χ3v) is 2.04. The van der Waals surface area contributed by atoms with Crippen LogP contribution in [0, 0.1) is 5.41 Å². The summed E-state index contributed by atoms with van der Waals surface area (Å²) in [4.78, 5) is 54.0. The number of aliphatic carboxylic acids is 2. The van der Waals surface area contributed by atoms with Gasteiger partial charge in [0.15, 0.2) is 17.1 Å². The molecule has 0 aliphatic heterocycles. The van der Waals surface area contributed by atoms with E-state index in [9.17, 15) is 29.1 Å². The summed E-state index contributed by atoms with van der Waals surface area (Å²) < 4.78 is 3.96. The monoisotopic (exact) mass is 289 g/mol. The van der Waals surface area contributed by atoms with Crippen LogP contribution in [0.15, 0.2) is 0 Å². The van der Waals surface area contributed by atoms with Gasteiger partial charge in [-0.05, 0) is 0 Å². The third-order valence-electron chi connectivity index (χ3n) is 2.04. The van der Waals surface area contributed by atoms with E-state index in [0.29, 0.717) is 0 Å². The Labute approximate surface area is 111 Å². The quantitative estimate of drug-likeness (QED) is 0.242. The fraction of sp³-hybridized carbons (Fsp3) is 0.400. The van der Waals surface area contributed by atoms with Gasteiger partial charge in [0.1, 0.15) is 0 Å². The Kier molecular flexibility index (Phi) is 5.66. The smallest absolute Gasteiger partial charge is 0.367 e. The molecular weight excluding hydrogens is 278 g/mol. The van der Waals surface area contributed by atoms with Crippen molar-refractivity contribution in [2.45, 2.75) is 25.4 Å². The van der Waals surface area contributed by atoms with Crippen LogP contribution < -0.4 is 0 Å². The van der Waals surface area contributed by atoms with Crippen LogP contribution in [0.4, 0.5) is 0 Å².